The largest absolute Gasteiger partial charge is 0.418 e. The van der Waals surface area contributed by atoms with Crippen molar-refractivity contribution >= 4 is 11.4 Å². The van der Waals surface area contributed by atoms with Crippen LogP contribution < -0.4 is 4.90 Å². The molecule has 0 spiro atoms. The molecule has 0 amide bonds. The van der Waals surface area contributed by atoms with Crippen molar-refractivity contribution in [2.45, 2.75) is 6.18 Å². The smallest absolute Gasteiger partial charge is 0.383 e. The number of hydrogen-bond acceptors (Lipinski definition) is 4. The fourth-order valence-corrected chi connectivity index (χ4v) is 1.55. The second-order valence-corrected chi connectivity index (χ2v) is 3.87. The molecule has 0 radical (unpaired) electrons. The summed E-state index contributed by atoms with van der Waals surface area (Å²) in [5.74, 6) is 0. The molecule has 1 aromatic carbocycles. The normalized spacial score (nSPS) is 11.4. The topological polar surface area (TPSA) is 55.6 Å². The molecule has 0 aliphatic rings. The summed E-state index contributed by atoms with van der Waals surface area (Å²) < 4.78 is 43.5. The minimum absolute atomic E-state index is 0.116. The maximum Gasteiger partial charge on any atom is 0.418 e. The monoisotopic (exact) mass is 278 g/mol. The average molecular weight is 278 g/mol. The van der Waals surface area contributed by atoms with Crippen LogP contribution in [0.3, 0.4) is 0 Å². The Hall–Kier alpha value is -1.83. The summed E-state index contributed by atoms with van der Waals surface area (Å²) in [4.78, 5) is 11.0. The molecule has 0 fully saturated rings. The summed E-state index contributed by atoms with van der Waals surface area (Å²) in [5.41, 5.74) is -1.73. The highest BCUT2D eigenvalue weighted by Crippen LogP contribution is 2.38. The molecule has 5 nitrogen and oxygen atoms in total. The van der Waals surface area contributed by atoms with Crippen molar-refractivity contribution in [1.29, 1.82) is 0 Å². The fraction of sp³-hybridized carbons (Fsp3) is 0.455. The van der Waals surface area contributed by atoms with E-state index in [1.54, 1.807) is 0 Å². The van der Waals surface area contributed by atoms with Gasteiger partial charge in [0.05, 0.1) is 17.1 Å². The quantitative estimate of drug-likeness (QED) is 0.614. The van der Waals surface area contributed by atoms with E-state index < -0.39 is 22.4 Å². The van der Waals surface area contributed by atoms with Gasteiger partial charge in [-0.2, -0.15) is 13.2 Å². The van der Waals surface area contributed by atoms with E-state index in [2.05, 4.69) is 0 Å². The molecule has 0 unspecified atom stereocenters. The van der Waals surface area contributed by atoms with Crippen molar-refractivity contribution in [2.24, 2.45) is 0 Å². The lowest BCUT2D eigenvalue weighted by molar-refractivity contribution is -0.385. The van der Waals surface area contributed by atoms with Gasteiger partial charge in [0.2, 0.25) is 0 Å². The average Bonchev–Trinajstić information content (AvgIpc) is 2.34. The number of halogens is 3. The molecule has 0 aliphatic carbocycles. The summed E-state index contributed by atoms with van der Waals surface area (Å²) in [6.07, 6.45) is -4.65. The molecule has 0 bridgehead atoms. The third-order valence-electron chi connectivity index (χ3n) is 2.54. The number of hydrogen-bond donors (Lipinski definition) is 0. The molecular weight excluding hydrogens is 265 g/mol. The van der Waals surface area contributed by atoms with Crippen LogP contribution in [0, 0.1) is 10.1 Å². The number of alkyl halides is 3. The van der Waals surface area contributed by atoms with Gasteiger partial charge < -0.3 is 9.64 Å². The highest BCUT2D eigenvalue weighted by molar-refractivity contribution is 5.58. The number of methoxy groups -OCH3 is 1. The molecule has 0 saturated heterocycles. The first-order valence-electron chi connectivity index (χ1n) is 5.33. The zero-order valence-corrected chi connectivity index (χ0v) is 10.4. The fourth-order valence-electron chi connectivity index (χ4n) is 1.55. The van der Waals surface area contributed by atoms with Crippen molar-refractivity contribution in [2.75, 3.05) is 32.2 Å². The van der Waals surface area contributed by atoms with E-state index in [1.165, 1.54) is 19.1 Å². The van der Waals surface area contributed by atoms with E-state index in [-0.39, 0.29) is 18.8 Å². The number of non-ortho nitro benzene ring substituents is 1. The Labute approximate surface area is 107 Å². The molecular formula is C11H13F3N2O3. The molecule has 8 heteroatoms. The van der Waals surface area contributed by atoms with Gasteiger partial charge in [0.1, 0.15) is 0 Å². The van der Waals surface area contributed by atoms with Crippen LogP contribution in [0.2, 0.25) is 0 Å². The number of ether oxygens (including phenoxy) is 1. The summed E-state index contributed by atoms with van der Waals surface area (Å²) in [7, 11) is 2.91. The first-order valence-corrected chi connectivity index (χ1v) is 5.33. The number of anilines is 1. The van der Waals surface area contributed by atoms with Crippen LogP contribution in [0.25, 0.3) is 0 Å². The SMILES string of the molecule is COCCN(C)c1ccc([N+](=O)[O-])cc1C(F)(F)F. The van der Waals surface area contributed by atoms with Crippen molar-refractivity contribution in [3.05, 3.63) is 33.9 Å². The third kappa shape index (κ3) is 3.82. The van der Waals surface area contributed by atoms with Gasteiger partial charge in [-0.3, -0.25) is 10.1 Å². The molecule has 0 heterocycles. The Morgan fingerprint density at radius 1 is 1.42 bits per heavy atom. The Kier molecular flexibility index (Phi) is 4.71. The minimum Gasteiger partial charge on any atom is -0.383 e. The summed E-state index contributed by atoms with van der Waals surface area (Å²) >= 11 is 0. The van der Waals surface area contributed by atoms with Crippen LogP contribution in [0.1, 0.15) is 5.56 Å². The van der Waals surface area contributed by atoms with E-state index in [1.807, 2.05) is 0 Å². The molecule has 0 aromatic heterocycles. The van der Waals surface area contributed by atoms with Crippen molar-refractivity contribution in [1.82, 2.24) is 0 Å². The Morgan fingerprint density at radius 3 is 2.53 bits per heavy atom. The summed E-state index contributed by atoms with van der Waals surface area (Å²) in [5, 5.41) is 10.5. The van der Waals surface area contributed by atoms with Crippen LogP contribution in [0.5, 0.6) is 0 Å². The van der Waals surface area contributed by atoms with Gasteiger partial charge >= 0.3 is 6.18 Å². The van der Waals surface area contributed by atoms with Crippen LogP contribution in [0.15, 0.2) is 18.2 Å². The number of nitrogens with zero attached hydrogens (tertiary/aromatic N) is 2. The van der Waals surface area contributed by atoms with E-state index >= 15 is 0 Å². The Balaban J connectivity index is 3.20. The molecule has 0 aliphatic heterocycles. The predicted octanol–water partition coefficient (Wildman–Crippen LogP) is 2.70. The van der Waals surface area contributed by atoms with Crippen LogP contribution >= 0.6 is 0 Å². The van der Waals surface area contributed by atoms with Crippen molar-refractivity contribution < 1.29 is 22.8 Å². The number of nitro groups is 1. The molecule has 0 N–H and O–H groups in total. The van der Waals surface area contributed by atoms with Crippen molar-refractivity contribution in [3.63, 3.8) is 0 Å². The third-order valence-corrected chi connectivity index (χ3v) is 2.54. The zero-order chi connectivity index (χ0) is 14.6. The number of nitro benzene ring substituents is 1. The number of likely N-dealkylation sites (N-methyl/N-ethyl adjacent to an activating group) is 1. The summed E-state index contributed by atoms with van der Waals surface area (Å²) in [6, 6.07) is 2.68. The van der Waals surface area contributed by atoms with Crippen molar-refractivity contribution in [3.8, 4) is 0 Å². The lowest BCUT2D eigenvalue weighted by atomic mass is 10.1. The maximum absolute atomic E-state index is 12.9. The molecule has 1 rings (SSSR count). The highest BCUT2D eigenvalue weighted by Gasteiger charge is 2.36. The first-order chi connectivity index (χ1) is 8.77. The summed E-state index contributed by atoms with van der Waals surface area (Å²) in [6.45, 7) is 0.502. The van der Waals surface area contributed by atoms with E-state index in [0.717, 1.165) is 12.1 Å². The van der Waals surface area contributed by atoms with Gasteiger partial charge in [-0.25, -0.2) is 0 Å². The molecule has 106 valence electrons. The number of benzene rings is 1. The number of rotatable bonds is 5. The van der Waals surface area contributed by atoms with Gasteiger partial charge in [-0.05, 0) is 6.07 Å². The van der Waals surface area contributed by atoms with E-state index in [4.69, 9.17) is 4.74 Å². The molecule has 0 atom stereocenters. The lowest BCUT2D eigenvalue weighted by Crippen LogP contribution is -2.25. The predicted molar refractivity (Wildman–Crippen MR) is 63.2 cm³/mol. The lowest BCUT2D eigenvalue weighted by Gasteiger charge is -2.23. The first kappa shape index (κ1) is 15.2. The van der Waals surface area contributed by atoms with Gasteiger partial charge in [0.15, 0.2) is 0 Å². The van der Waals surface area contributed by atoms with Crippen LogP contribution in [-0.2, 0) is 10.9 Å². The molecule has 19 heavy (non-hydrogen) atoms. The maximum atomic E-state index is 12.9. The van der Waals surface area contributed by atoms with E-state index in [0.29, 0.717) is 6.07 Å². The second-order valence-electron chi connectivity index (χ2n) is 3.87. The second kappa shape index (κ2) is 5.87. The minimum atomic E-state index is -4.65. The molecule has 1 aromatic rings. The van der Waals surface area contributed by atoms with Crippen LogP contribution in [0.4, 0.5) is 24.5 Å². The zero-order valence-electron chi connectivity index (χ0n) is 10.4. The van der Waals surface area contributed by atoms with E-state index in [9.17, 15) is 23.3 Å². The Bertz CT molecular complexity index is 463. The van der Waals surface area contributed by atoms with Crippen LogP contribution in [-0.4, -0.2) is 32.2 Å². The molecule has 0 saturated carbocycles. The van der Waals surface area contributed by atoms with Gasteiger partial charge in [0, 0.05) is 38.5 Å². The Morgan fingerprint density at radius 2 is 2.05 bits per heavy atom. The highest BCUT2D eigenvalue weighted by atomic mass is 19.4. The van der Waals surface area contributed by atoms with Gasteiger partial charge in [0.25, 0.3) is 5.69 Å². The standard InChI is InChI=1S/C11H13F3N2O3/c1-15(5-6-19-2)10-4-3-8(16(17)18)7-9(10)11(12,13)14/h3-4,7H,5-6H2,1-2H3. The van der Waals surface area contributed by atoms with Gasteiger partial charge in [-0.15, -0.1) is 0 Å². The van der Waals surface area contributed by atoms with Gasteiger partial charge in [-0.1, -0.05) is 0 Å².